The second-order valence-electron chi connectivity index (χ2n) is 5.80. The smallest absolute Gasteiger partial charge is 0.321 e. The molecule has 1 aromatic rings. The lowest BCUT2D eigenvalue weighted by atomic mass is 9.96. The number of nitrogens with zero attached hydrogens (tertiary/aromatic N) is 1. The highest BCUT2D eigenvalue weighted by molar-refractivity contribution is 5.91. The number of hydrogen-bond acceptors (Lipinski definition) is 2. The van der Waals surface area contributed by atoms with Crippen molar-refractivity contribution in [3.8, 4) is 0 Å². The van der Waals surface area contributed by atoms with Crippen molar-refractivity contribution in [3.63, 3.8) is 0 Å². The third kappa shape index (κ3) is 5.02. The third-order valence-electron chi connectivity index (χ3n) is 3.76. The lowest BCUT2D eigenvalue weighted by Gasteiger charge is -2.25. The number of amides is 2. The van der Waals surface area contributed by atoms with Crippen molar-refractivity contribution < 1.29 is 9.53 Å². The highest BCUT2D eigenvalue weighted by atomic mass is 16.5. The maximum absolute atomic E-state index is 12.6. The van der Waals surface area contributed by atoms with Crippen molar-refractivity contribution in [2.24, 2.45) is 0 Å². The highest BCUT2D eigenvalue weighted by Crippen LogP contribution is 2.28. The molecule has 124 valence electrons. The SMILES string of the molecule is CCCN(CCOC)C(=O)Nc1c(CC)cccc1C(C)C. The number of benzene rings is 1. The van der Waals surface area contributed by atoms with Crippen LogP contribution < -0.4 is 5.32 Å². The number of carbonyl (C=O) groups excluding carboxylic acids is 1. The zero-order valence-corrected chi connectivity index (χ0v) is 14.6. The second-order valence-corrected chi connectivity index (χ2v) is 5.80. The van der Waals surface area contributed by atoms with Gasteiger partial charge in [0.25, 0.3) is 0 Å². The quantitative estimate of drug-likeness (QED) is 0.779. The molecule has 0 saturated carbocycles. The minimum Gasteiger partial charge on any atom is -0.383 e. The number of urea groups is 1. The van der Waals surface area contributed by atoms with E-state index in [2.05, 4.69) is 51.2 Å². The molecule has 0 saturated heterocycles. The maximum Gasteiger partial charge on any atom is 0.321 e. The highest BCUT2D eigenvalue weighted by Gasteiger charge is 2.17. The summed E-state index contributed by atoms with van der Waals surface area (Å²) >= 11 is 0. The third-order valence-corrected chi connectivity index (χ3v) is 3.76. The van der Waals surface area contributed by atoms with Gasteiger partial charge in [-0.2, -0.15) is 0 Å². The van der Waals surface area contributed by atoms with Gasteiger partial charge in [0.1, 0.15) is 0 Å². The normalized spacial score (nSPS) is 10.8. The van der Waals surface area contributed by atoms with E-state index in [1.54, 1.807) is 7.11 Å². The van der Waals surface area contributed by atoms with Crippen molar-refractivity contribution in [1.29, 1.82) is 0 Å². The van der Waals surface area contributed by atoms with Gasteiger partial charge in [-0.05, 0) is 29.9 Å². The number of hydrogen-bond donors (Lipinski definition) is 1. The molecule has 0 heterocycles. The summed E-state index contributed by atoms with van der Waals surface area (Å²) in [5.74, 6) is 0.375. The maximum atomic E-state index is 12.6. The van der Waals surface area contributed by atoms with Crippen LogP contribution in [-0.2, 0) is 11.2 Å². The van der Waals surface area contributed by atoms with E-state index in [-0.39, 0.29) is 6.03 Å². The van der Waals surface area contributed by atoms with Crippen LogP contribution >= 0.6 is 0 Å². The number of rotatable bonds is 8. The molecule has 4 heteroatoms. The zero-order valence-electron chi connectivity index (χ0n) is 14.6. The zero-order chi connectivity index (χ0) is 16.5. The number of methoxy groups -OCH3 is 1. The van der Waals surface area contributed by atoms with Crippen LogP contribution in [0.2, 0.25) is 0 Å². The Morgan fingerprint density at radius 3 is 2.55 bits per heavy atom. The van der Waals surface area contributed by atoms with Gasteiger partial charge in [0.15, 0.2) is 0 Å². The van der Waals surface area contributed by atoms with E-state index < -0.39 is 0 Å². The van der Waals surface area contributed by atoms with Crippen LogP contribution in [0.5, 0.6) is 0 Å². The summed E-state index contributed by atoms with van der Waals surface area (Å²) in [6, 6.07) is 6.21. The molecule has 4 nitrogen and oxygen atoms in total. The van der Waals surface area contributed by atoms with Gasteiger partial charge in [-0.15, -0.1) is 0 Å². The fourth-order valence-corrected chi connectivity index (χ4v) is 2.52. The molecule has 0 aliphatic carbocycles. The standard InChI is InChI=1S/C18H30N2O2/c1-6-11-20(12-13-22-5)18(21)19-17-15(7-2)9-8-10-16(17)14(3)4/h8-10,14H,6-7,11-13H2,1-5H3,(H,19,21). The first-order chi connectivity index (χ1) is 10.5. The molecule has 1 rings (SSSR count). The molecule has 0 aliphatic heterocycles. The Kier molecular flexibility index (Phi) is 7.96. The summed E-state index contributed by atoms with van der Waals surface area (Å²) in [6.07, 6.45) is 1.84. The van der Waals surface area contributed by atoms with Crippen molar-refractivity contribution in [3.05, 3.63) is 29.3 Å². The molecule has 0 atom stereocenters. The largest absolute Gasteiger partial charge is 0.383 e. The minimum atomic E-state index is -0.0401. The van der Waals surface area contributed by atoms with Crippen molar-refractivity contribution >= 4 is 11.7 Å². The molecule has 0 aliphatic rings. The van der Waals surface area contributed by atoms with Crippen LogP contribution in [0.15, 0.2) is 18.2 Å². The topological polar surface area (TPSA) is 41.6 Å². The summed E-state index contributed by atoms with van der Waals surface area (Å²) in [6.45, 7) is 10.4. The van der Waals surface area contributed by atoms with E-state index in [1.807, 2.05) is 4.90 Å². The molecular weight excluding hydrogens is 276 g/mol. The fourth-order valence-electron chi connectivity index (χ4n) is 2.52. The first-order valence-corrected chi connectivity index (χ1v) is 8.21. The van der Waals surface area contributed by atoms with Crippen molar-refractivity contribution in [1.82, 2.24) is 4.90 Å². The molecule has 22 heavy (non-hydrogen) atoms. The Morgan fingerprint density at radius 1 is 1.27 bits per heavy atom. The van der Waals surface area contributed by atoms with Crippen LogP contribution in [-0.4, -0.2) is 37.7 Å². The number of aryl methyl sites for hydroxylation is 1. The van der Waals surface area contributed by atoms with Gasteiger partial charge in [0.2, 0.25) is 0 Å². The summed E-state index contributed by atoms with van der Waals surface area (Å²) in [4.78, 5) is 14.4. The number of carbonyl (C=O) groups is 1. The molecule has 0 unspecified atom stereocenters. The Hall–Kier alpha value is -1.55. The number of anilines is 1. The molecule has 0 spiro atoms. The second kappa shape index (κ2) is 9.46. The predicted octanol–water partition coefficient (Wildman–Crippen LogP) is 4.26. The van der Waals surface area contributed by atoms with E-state index in [4.69, 9.17) is 4.74 Å². The average molecular weight is 306 g/mol. The molecule has 0 aromatic heterocycles. The summed E-state index contributed by atoms with van der Waals surface area (Å²) in [5, 5.41) is 3.14. The number of ether oxygens (including phenoxy) is 1. The molecule has 0 radical (unpaired) electrons. The lowest BCUT2D eigenvalue weighted by Crippen LogP contribution is -2.38. The Labute approximate surface area is 134 Å². The van der Waals surface area contributed by atoms with Crippen LogP contribution in [0.1, 0.15) is 51.2 Å². The molecule has 0 bridgehead atoms. The average Bonchev–Trinajstić information content (AvgIpc) is 2.51. The van der Waals surface area contributed by atoms with Crippen LogP contribution in [0.4, 0.5) is 10.5 Å². The fraction of sp³-hybridized carbons (Fsp3) is 0.611. The van der Waals surface area contributed by atoms with E-state index in [1.165, 1.54) is 11.1 Å². The van der Waals surface area contributed by atoms with Gasteiger partial charge in [-0.3, -0.25) is 0 Å². The molecule has 2 amide bonds. The van der Waals surface area contributed by atoms with Gasteiger partial charge in [0.05, 0.1) is 6.61 Å². The summed E-state index contributed by atoms with van der Waals surface area (Å²) in [5.41, 5.74) is 3.35. The van der Waals surface area contributed by atoms with E-state index in [0.29, 0.717) is 19.1 Å². The van der Waals surface area contributed by atoms with Crippen molar-refractivity contribution in [2.45, 2.75) is 46.5 Å². The molecular formula is C18H30N2O2. The Bertz CT molecular complexity index is 472. The van der Waals surface area contributed by atoms with E-state index in [0.717, 1.165) is 25.1 Å². The van der Waals surface area contributed by atoms with Gasteiger partial charge in [0, 0.05) is 25.9 Å². The lowest BCUT2D eigenvalue weighted by molar-refractivity contribution is 0.155. The summed E-state index contributed by atoms with van der Waals surface area (Å²) < 4.78 is 5.10. The molecule has 1 N–H and O–H groups in total. The van der Waals surface area contributed by atoms with Crippen LogP contribution in [0.3, 0.4) is 0 Å². The van der Waals surface area contributed by atoms with E-state index in [9.17, 15) is 4.79 Å². The molecule has 0 fully saturated rings. The van der Waals surface area contributed by atoms with E-state index >= 15 is 0 Å². The van der Waals surface area contributed by atoms with Crippen LogP contribution in [0, 0.1) is 0 Å². The van der Waals surface area contributed by atoms with Gasteiger partial charge in [-0.25, -0.2) is 4.79 Å². The number of nitrogens with one attached hydrogen (secondary N) is 1. The van der Waals surface area contributed by atoms with Crippen molar-refractivity contribution in [2.75, 3.05) is 32.1 Å². The first kappa shape index (κ1) is 18.5. The first-order valence-electron chi connectivity index (χ1n) is 8.21. The van der Waals surface area contributed by atoms with Gasteiger partial charge >= 0.3 is 6.03 Å². The Balaban J connectivity index is 2.98. The predicted molar refractivity (Wildman–Crippen MR) is 92.7 cm³/mol. The summed E-state index contributed by atoms with van der Waals surface area (Å²) in [7, 11) is 1.66. The van der Waals surface area contributed by atoms with Gasteiger partial charge in [-0.1, -0.05) is 45.9 Å². The monoisotopic (exact) mass is 306 g/mol. The molecule has 1 aromatic carbocycles. The minimum absolute atomic E-state index is 0.0401. The van der Waals surface area contributed by atoms with Gasteiger partial charge < -0.3 is 15.0 Å². The number of para-hydroxylation sites is 1. The Morgan fingerprint density at radius 2 is 2.00 bits per heavy atom. The van der Waals surface area contributed by atoms with Crippen LogP contribution in [0.25, 0.3) is 0 Å².